The Kier molecular flexibility index (Phi) is 6.80. The molecule has 29 heavy (non-hydrogen) atoms. The maximum Gasteiger partial charge on any atom is 0.341 e. The summed E-state index contributed by atoms with van der Waals surface area (Å²) in [6.07, 6.45) is 2.40. The molecule has 5 nitrogen and oxygen atoms in total. The molecule has 8 heteroatoms. The number of ether oxygens (including phenoxy) is 2. The van der Waals surface area contributed by atoms with Gasteiger partial charge in [0.25, 0.3) is 5.91 Å². The number of fused-ring (bicyclic) bond motifs is 1. The zero-order chi connectivity index (χ0) is 21.1. The van der Waals surface area contributed by atoms with Crippen LogP contribution in [0, 0.1) is 11.7 Å². The largest absolute Gasteiger partial charge is 0.484 e. The second-order valence-electron chi connectivity index (χ2n) is 7.42. The fraction of sp³-hybridized carbons (Fsp3) is 0.429. The molecule has 0 saturated heterocycles. The Morgan fingerprint density at radius 1 is 1.38 bits per heavy atom. The molecule has 1 aromatic heterocycles. The lowest BCUT2D eigenvalue weighted by molar-refractivity contribution is -0.118. The fourth-order valence-corrected chi connectivity index (χ4v) is 4.79. The molecule has 1 N–H and O–H groups in total. The molecule has 0 bridgehead atoms. The number of amides is 1. The third-order valence-electron chi connectivity index (χ3n) is 4.57. The van der Waals surface area contributed by atoms with Crippen LogP contribution in [-0.4, -0.2) is 24.6 Å². The van der Waals surface area contributed by atoms with Crippen LogP contribution in [0.15, 0.2) is 18.2 Å². The zero-order valence-corrected chi connectivity index (χ0v) is 18.1. The van der Waals surface area contributed by atoms with Crippen molar-refractivity contribution in [2.24, 2.45) is 5.92 Å². The van der Waals surface area contributed by atoms with Gasteiger partial charge in [0, 0.05) is 10.9 Å². The van der Waals surface area contributed by atoms with Crippen LogP contribution in [0.3, 0.4) is 0 Å². The van der Waals surface area contributed by atoms with E-state index < -0.39 is 17.7 Å². The fourth-order valence-electron chi connectivity index (χ4n) is 3.21. The minimum atomic E-state index is -0.560. The zero-order valence-electron chi connectivity index (χ0n) is 16.5. The molecule has 0 radical (unpaired) electrons. The lowest BCUT2D eigenvalue weighted by Crippen LogP contribution is -2.22. The van der Waals surface area contributed by atoms with E-state index in [2.05, 4.69) is 12.2 Å². The third-order valence-corrected chi connectivity index (χ3v) is 6.03. The number of nitrogens with one attached hydrogen (secondary N) is 1. The van der Waals surface area contributed by atoms with Gasteiger partial charge in [0.2, 0.25) is 0 Å². The number of thiophene rings is 1. The number of hydrogen-bond acceptors (Lipinski definition) is 5. The summed E-state index contributed by atoms with van der Waals surface area (Å²) in [6, 6.07) is 3.87. The summed E-state index contributed by atoms with van der Waals surface area (Å²) >= 11 is 7.14. The first kappa shape index (κ1) is 21.6. The average Bonchev–Trinajstić information content (AvgIpc) is 2.99. The Hall–Kier alpha value is -2.12. The van der Waals surface area contributed by atoms with E-state index in [4.69, 9.17) is 21.1 Å². The highest BCUT2D eigenvalue weighted by atomic mass is 35.5. The molecule has 0 spiro atoms. The van der Waals surface area contributed by atoms with Gasteiger partial charge in [-0.15, -0.1) is 11.3 Å². The molecule has 2 aromatic rings. The number of carbonyl (C=O) groups is 2. The first-order valence-corrected chi connectivity index (χ1v) is 10.7. The van der Waals surface area contributed by atoms with Crippen LogP contribution < -0.4 is 10.1 Å². The van der Waals surface area contributed by atoms with Crippen LogP contribution in [0.4, 0.5) is 9.39 Å². The highest BCUT2D eigenvalue weighted by Gasteiger charge is 2.29. The number of carbonyl (C=O) groups excluding carboxylic acids is 2. The first-order chi connectivity index (χ1) is 13.7. The van der Waals surface area contributed by atoms with Gasteiger partial charge in [0.15, 0.2) is 6.61 Å². The number of rotatable bonds is 6. The molecular formula is C21H23ClFNO4S. The van der Waals surface area contributed by atoms with E-state index in [9.17, 15) is 14.0 Å². The summed E-state index contributed by atoms with van der Waals surface area (Å²) in [7, 11) is 0. The van der Waals surface area contributed by atoms with Gasteiger partial charge in [0.1, 0.15) is 16.6 Å². The van der Waals surface area contributed by atoms with Gasteiger partial charge in [-0.2, -0.15) is 0 Å². The summed E-state index contributed by atoms with van der Waals surface area (Å²) < 4.78 is 24.0. The predicted molar refractivity (Wildman–Crippen MR) is 112 cm³/mol. The topological polar surface area (TPSA) is 64.6 Å². The number of anilines is 1. The number of halogens is 2. The molecule has 0 fully saturated rings. The summed E-state index contributed by atoms with van der Waals surface area (Å²) in [5.74, 6) is -0.588. The van der Waals surface area contributed by atoms with Crippen LogP contribution in [0.5, 0.6) is 5.75 Å². The molecule has 1 amide bonds. The van der Waals surface area contributed by atoms with Gasteiger partial charge >= 0.3 is 5.97 Å². The van der Waals surface area contributed by atoms with Crippen LogP contribution in [0.25, 0.3) is 0 Å². The molecule has 0 saturated carbocycles. The Morgan fingerprint density at radius 3 is 2.83 bits per heavy atom. The van der Waals surface area contributed by atoms with E-state index >= 15 is 0 Å². The van der Waals surface area contributed by atoms with E-state index in [0.717, 1.165) is 29.7 Å². The maximum atomic E-state index is 13.2. The van der Waals surface area contributed by atoms with Crippen molar-refractivity contribution < 1.29 is 23.5 Å². The minimum Gasteiger partial charge on any atom is -0.484 e. The van der Waals surface area contributed by atoms with Crippen molar-refractivity contribution in [3.05, 3.63) is 45.0 Å². The van der Waals surface area contributed by atoms with Gasteiger partial charge < -0.3 is 14.8 Å². The molecule has 1 aliphatic rings. The average molecular weight is 440 g/mol. The molecule has 3 rings (SSSR count). The van der Waals surface area contributed by atoms with Gasteiger partial charge in [-0.3, -0.25) is 4.79 Å². The lowest BCUT2D eigenvalue weighted by atomic mass is 9.88. The SMILES string of the molecule is CC1CCc2c(sc(NC(=O)COc3ccc(F)c(Cl)c3)c2C(=O)OC(C)C)C1. The summed E-state index contributed by atoms with van der Waals surface area (Å²) in [6.45, 7) is 5.46. The lowest BCUT2D eigenvalue weighted by Gasteiger charge is -2.18. The molecule has 1 atom stereocenters. The molecule has 1 heterocycles. The van der Waals surface area contributed by atoms with Crippen LogP contribution >= 0.6 is 22.9 Å². The van der Waals surface area contributed by atoms with Crippen LogP contribution in [0.2, 0.25) is 5.02 Å². The summed E-state index contributed by atoms with van der Waals surface area (Å²) in [4.78, 5) is 26.2. The third kappa shape index (κ3) is 5.28. The molecule has 1 aromatic carbocycles. The van der Waals surface area contributed by atoms with Crippen molar-refractivity contribution >= 4 is 39.8 Å². The summed E-state index contributed by atoms with van der Waals surface area (Å²) in [5.41, 5.74) is 1.42. The van der Waals surface area contributed by atoms with Crippen molar-refractivity contribution in [2.75, 3.05) is 11.9 Å². The molecule has 0 aliphatic heterocycles. The summed E-state index contributed by atoms with van der Waals surface area (Å²) in [5, 5.41) is 3.18. The molecule has 156 valence electrons. The van der Waals surface area contributed by atoms with Gasteiger partial charge in [-0.1, -0.05) is 18.5 Å². The minimum absolute atomic E-state index is 0.0818. The van der Waals surface area contributed by atoms with E-state index in [-0.39, 0.29) is 23.5 Å². The highest BCUT2D eigenvalue weighted by Crippen LogP contribution is 2.40. The van der Waals surface area contributed by atoms with Crippen LogP contribution in [-0.2, 0) is 22.4 Å². The van der Waals surface area contributed by atoms with Gasteiger partial charge in [-0.05, 0) is 56.7 Å². The number of esters is 1. The molecule has 1 unspecified atom stereocenters. The smallest absolute Gasteiger partial charge is 0.341 e. The van der Waals surface area contributed by atoms with Crippen molar-refractivity contribution in [1.29, 1.82) is 0 Å². The van der Waals surface area contributed by atoms with Gasteiger partial charge in [0.05, 0.1) is 16.7 Å². The van der Waals surface area contributed by atoms with Crippen LogP contribution in [0.1, 0.15) is 48.0 Å². The normalized spacial score (nSPS) is 15.7. The Morgan fingerprint density at radius 2 is 2.14 bits per heavy atom. The second-order valence-corrected chi connectivity index (χ2v) is 8.94. The number of benzene rings is 1. The van der Waals surface area contributed by atoms with E-state index in [0.29, 0.717) is 16.5 Å². The molecular weight excluding hydrogens is 417 g/mol. The number of hydrogen-bond donors (Lipinski definition) is 1. The van der Waals surface area contributed by atoms with Gasteiger partial charge in [-0.25, -0.2) is 9.18 Å². The Bertz CT molecular complexity index is 928. The monoisotopic (exact) mass is 439 g/mol. The Balaban J connectivity index is 1.75. The second kappa shape index (κ2) is 9.13. The van der Waals surface area contributed by atoms with Crippen molar-refractivity contribution in [3.8, 4) is 5.75 Å². The quantitative estimate of drug-likeness (QED) is 0.624. The first-order valence-electron chi connectivity index (χ1n) is 9.47. The predicted octanol–water partition coefficient (Wildman–Crippen LogP) is 5.25. The maximum absolute atomic E-state index is 13.2. The Labute approximate surface area is 178 Å². The standard InChI is InChI=1S/C21H23ClFNO4S/c1-11(2)28-21(26)19-14-6-4-12(3)8-17(14)29-20(19)24-18(25)10-27-13-5-7-16(23)15(22)9-13/h5,7,9,11-12H,4,6,8,10H2,1-3H3,(H,24,25). The van der Waals surface area contributed by atoms with Crippen molar-refractivity contribution in [2.45, 2.75) is 46.1 Å². The highest BCUT2D eigenvalue weighted by molar-refractivity contribution is 7.17. The van der Waals surface area contributed by atoms with E-state index in [1.54, 1.807) is 13.8 Å². The van der Waals surface area contributed by atoms with E-state index in [1.165, 1.54) is 29.5 Å². The van der Waals surface area contributed by atoms with Crippen molar-refractivity contribution in [3.63, 3.8) is 0 Å². The molecule has 1 aliphatic carbocycles. The van der Waals surface area contributed by atoms with E-state index in [1.807, 2.05) is 0 Å². The van der Waals surface area contributed by atoms with Crippen molar-refractivity contribution in [1.82, 2.24) is 0 Å².